The number of aromatic nitrogens is 2. The van der Waals surface area contributed by atoms with Crippen LogP contribution in [0.15, 0.2) is 97.5 Å². The fraction of sp³-hybridized carbons (Fsp3) is 0.241. The first-order valence-corrected chi connectivity index (χ1v) is 12.7. The van der Waals surface area contributed by atoms with Crippen LogP contribution in [-0.4, -0.2) is 14.7 Å². The lowest BCUT2D eigenvalue weighted by Crippen LogP contribution is -2.29. The predicted octanol–water partition coefficient (Wildman–Crippen LogP) is 6.97. The van der Waals surface area contributed by atoms with Crippen molar-refractivity contribution in [3.8, 4) is 11.5 Å². The summed E-state index contributed by atoms with van der Waals surface area (Å²) in [5.41, 5.74) is 3.25. The Bertz CT molecular complexity index is 1280. The smallest absolute Gasteiger partial charge is 0.174 e. The first-order chi connectivity index (χ1) is 17.3. The van der Waals surface area contributed by atoms with E-state index in [0.29, 0.717) is 11.2 Å². The number of anilines is 1. The van der Waals surface area contributed by atoms with Gasteiger partial charge in [-0.1, -0.05) is 37.1 Å². The molecule has 2 fully saturated rings. The Morgan fingerprint density at radius 3 is 2.34 bits per heavy atom. The minimum Gasteiger partial charge on any atom is -0.457 e. The van der Waals surface area contributed by atoms with Crippen molar-refractivity contribution in [2.24, 2.45) is 0 Å². The maximum atomic E-state index is 6.00. The van der Waals surface area contributed by atoms with E-state index in [1.165, 1.54) is 31.2 Å². The Kier molecular flexibility index (Phi) is 5.96. The Morgan fingerprint density at radius 2 is 1.60 bits per heavy atom. The highest BCUT2D eigenvalue weighted by atomic mass is 32.1. The zero-order valence-electron chi connectivity index (χ0n) is 19.5. The van der Waals surface area contributed by atoms with Gasteiger partial charge in [-0.2, -0.15) is 0 Å². The largest absolute Gasteiger partial charge is 0.457 e. The number of ether oxygens (including phenoxy) is 1. The fourth-order valence-electron chi connectivity index (χ4n) is 5.31. The highest BCUT2D eigenvalue weighted by Gasteiger charge is 2.41. The van der Waals surface area contributed by atoms with Crippen LogP contribution in [0.3, 0.4) is 0 Å². The number of para-hydroxylation sites is 1. The number of nitrogens with zero attached hydrogens (tertiary/aromatic N) is 3. The third kappa shape index (κ3) is 4.42. The van der Waals surface area contributed by atoms with Crippen LogP contribution in [0.2, 0.25) is 0 Å². The van der Waals surface area contributed by atoms with Gasteiger partial charge in [0.1, 0.15) is 11.5 Å². The summed E-state index contributed by atoms with van der Waals surface area (Å²) in [6.07, 6.45) is 11.5. The average molecular weight is 481 g/mol. The van der Waals surface area contributed by atoms with E-state index in [9.17, 15) is 0 Å². The molecule has 176 valence electrons. The van der Waals surface area contributed by atoms with Crippen molar-refractivity contribution >= 4 is 23.0 Å². The van der Waals surface area contributed by atoms with Crippen LogP contribution in [0, 0.1) is 0 Å². The highest BCUT2D eigenvalue weighted by molar-refractivity contribution is 7.80. The number of hydrogen-bond acceptors (Lipinski definition) is 3. The molecule has 2 atom stereocenters. The number of rotatable bonds is 6. The Labute approximate surface area is 211 Å². The van der Waals surface area contributed by atoms with Gasteiger partial charge >= 0.3 is 0 Å². The second-order valence-electron chi connectivity index (χ2n) is 9.24. The standard InChI is InChI=1S/C29H28N4OS/c35-29-31-27(26-12-6-7-18-30-26)28(21-17-19-32(20-21)22-8-4-5-9-22)33(29)23-13-15-25(16-14-23)34-24-10-2-1-3-11-24/h1-3,6-7,10-20,22,27-28H,4-5,8-9H2,(H,31,35)/t27-,28-/m0/s1. The second-order valence-corrected chi connectivity index (χ2v) is 9.62. The summed E-state index contributed by atoms with van der Waals surface area (Å²) in [7, 11) is 0. The summed E-state index contributed by atoms with van der Waals surface area (Å²) in [6.45, 7) is 0. The van der Waals surface area contributed by atoms with E-state index in [-0.39, 0.29) is 12.1 Å². The molecule has 3 heterocycles. The minimum absolute atomic E-state index is 0.000875. The van der Waals surface area contributed by atoms with Gasteiger partial charge in [0.25, 0.3) is 0 Å². The average Bonchev–Trinajstić information content (AvgIpc) is 3.66. The molecule has 5 nitrogen and oxygen atoms in total. The summed E-state index contributed by atoms with van der Waals surface area (Å²) in [6, 6.07) is 26.8. The van der Waals surface area contributed by atoms with Gasteiger partial charge < -0.3 is 19.5 Å². The molecule has 6 rings (SSSR count). The molecule has 6 heteroatoms. The summed E-state index contributed by atoms with van der Waals surface area (Å²) >= 11 is 5.88. The van der Waals surface area contributed by atoms with Crippen molar-refractivity contribution in [2.75, 3.05) is 4.90 Å². The first-order valence-electron chi connectivity index (χ1n) is 12.3. The molecule has 2 aliphatic rings. The maximum Gasteiger partial charge on any atom is 0.174 e. The zero-order chi connectivity index (χ0) is 23.6. The van der Waals surface area contributed by atoms with Crippen LogP contribution < -0.4 is 15.0 Å². The molecule has 0 amide bonds. The van der Waals surface area contributed by atoms with Gasteiger partial charge in [-0.15, -0.1) is 0 Å². The van der Waals surface area contributed by atoms with Crippen molar-refractivity contribution in [3.63, 3.8) is 0 Å². The normalized spacial score (nSPS) is 20.2. The number of pyridine rings is 1. The van der Waals surface area contributed by atoms with Crippen LogP contribution in [0.1, 0.15) is 55.1 Å². The van der Waals surface area contributed by atoms with Crippen molar-refractivity contribution in [2.45, 2.75) is 43.8 Å². The van der Waals surface area contributed by atoms with Crippen LogP contribution in [0.5, 0.6) is 11.5 Å². The fourth-order valence-corrected chi connectivity index (χ4v) is 5.65. The van der Waals surface area contributed by atoms with E-state index >= 15 is 0 Å². The Hall–Kier alpha value is -3.64. The quantitative estimate of drug-likeness (QED) is 0.302. The lowest BCUT2D eigenvalue weighted by molar-refractivity contribution is 0.482. The Balaban J connectivity index is 1.33. The molecule has 1 N–H and O–H groups in total. The molecule has 1 saturated heterocycles. The van der Waals surface area contributed by atoms with E-state index < -0.39 is 0 Å². The minimum atomic E-state index is -0.0385. The molecule has 0 spiro atoms. The van der Waals surface area contributed by atoms with E-state index in [0.717, 1.165) is 22.9 Å². The molecular formula is C29H28N4OS. The SMILES string of the molecule is S=C1N[C@@H](c2ccccn2)[C@H](c2ccn(C3CCCC3)c2)N1c1ccc(Oc2ccccc2)cc1. The molecule has 1 aliphatic carbocycles. The molecule has 0 unspecified atom stereocenters. The predicted molar refractivity (Wildman–Crippen MR) is 143 cm³/mol. The van der Waals surface area contributed by atoms with E-state index in [2.05, 4.69) is 56.4 Å². The van der Waals surface area contributed by atoms with Gasteiger partial charge in [0.2, 0.25) is 0 Å². The number of thiocarbonyl (C=S) groups is 1. The van der Waals surface area contributed by atoms with Gasteiger partial charge in [-0.05, 0) is 85.2 Å². The topological polar surface area (TPSA) is 42.3 Å². The van der Waals surface area contributed by atoms with E-state index in [1.807, 2.05) is 60.8 Å². The van der Waals surface area contributed by atoms with E-state index in [1.54, 1.807) is 0 Å². The lowest BCUT2D eigenvalue weighted by Gasteiger charge is -2.27. The first kappa shape index (κ1) is 21.9. The lowest BCUT2D eigenvalue weighted by atomic mass is 9.98. The third-order valence-corrected chi connectivity index (χ3v) is 7.33. The monoisotopic (exact) mass is 480 g/mol. The second kappa shape index (κ2) is 9.55. The summed E-state index contributed by atoms with van der Waals surface area (Å²) in [5.74, 6) is 1.61. The van der Waals surface area contributed by atoms with Gasteiger partial charge in [0, 0.05) is 30.3 Å². The Morgan fingerprint density at radius 1 is 0.857 bits per heavy atom. The maximum absolute atomic E-state index is 6.00. The molecule has 0 radical (unpaired) electrons. The molecule has 2 aromatic heterocycles. The van der Waals surface area contributed by atoms with Gasteiger partial charge in [0.15, 0.2) is 5.11 Å². The summed E-state index contributed by atoms with van der Waals surface area (Å²) in [5, 5.41) is 4.26. The number of nitrogens with one attached hydrogen (secondary N) is 1. The van der Waals surface area contributed by atoms with Crippen LogP contribution >= 0.6 is 12.2 Å². The number of benzene rings is 2. The van der Waals surface area contributed by atoms with Crippen molar-refractivity contribution in [1.29, 1.82) is 0 Å². The van der Waals surface area contributed by atoms with Crippen molar-refractivity contribution in [3.05, 3.63) is 109 Å². The molecule has 1 aliphatic heterocycles. The summed E-state index contributed by atoms with van der Waals surface area (Å²) in [4.78, 5) is 6.89. The van der Waals surface area contributed by atoms with Crippen LogP contribution in [-0.2, 0) is 0 Å². The zero-order valence-corrected chi connectivity index (χ0v) is 20.3. The molecule has 1 saturated carbocycles. The molecule has 2 aromatic carbocycles. The molecule has 0 bridgehead atoms. The molecular weight excluding hydrogens is 452 g/mol. The van der Waals surface area contributed by atoms with Crippen molar-refractivity contribution < 1.29 is 4.74 Å². The molecule has 4 aromatic rings. The van der Waals surface area contributed by atoms with Crippen LogP contribution in [0.4, 0.5) is 5.69 Å². The third-order valence-electron chi connectivity index (χ3n) is 7.02. The van der Waals surface area contributed by atoms with Gasteiger partial charge in [-0.3, -0.25) is 4.98 Å². The van der Waals surface area contributed by atoms with Crippen LogP contribution in [0.25, 0.3) is 0 Å². The van der Waals surface area contributed by atoms with Gasteiger partial charge in [0.05, 0.1) is 17.8 Å². The van der Waals surface area contributed by atoms with E-state index in [4.69, 9.17) is 17.0 Å². The number of hydrogen-bond donors (Lipinski definition) is 1. The van der Waals surface area contributed by atoms with Crippen molar-refractivity contribution in [1.82, 2.24) is 14.9 Å². The highest BCUT2D eigenvalue weighted by Crippen LogP contribution is 2.43. The molecule has 35 heavy (non-hydrogen) atoms. The van der Waals surface area contributed by atoms with Gasteiger partial charge in [-0.25, -0.2) is 0 Å². The summed E-state index contributed by atoms with van der Waals surface area (Å²) < 4.78 is 8.40.